The molecule has 1 aliphatic rings. The smallest absolute Gasteiger partial charge is 0.141 e. The summed E-state index contributed by atoms with van der Waals surface area (Å²) in [7, 11) is 1.93. The molecule has 2 rings (SSSR count). The van der Waals surface area contributed by atoms with E-state index >= 15 is 0 Å². The van der Waals surface area contributed by atoms with Gasteiger partial charge in [-0.25, -0.2) is 9.37 Å². The van der Waals surface area contributed by atoms with Crippen LogP contribution in [0.25, 0.3) is 0 Å². The lowest BCUT2D eigenvalue weighted by atomic mass is 10.2. The maximum absolute atomic E-state index is 13.0. The number of aromatic nitrogens is 1. The van der Waals surface area contributed by atoms with E-state index in [4.69, 9.17) is 16.3 Å². The number of pyridine rings is 1. The van der Waals surface area contributed by atoms with E-state index in [2.05, 4.69) is 4.98 Å². The Morgan fingerprint density at radius 2 is 2.47 bits per heavy atom. The first-order valence-electron chi connectivity index (χ1n) is 5.74. The van der Waals surface area contributed by atoms with Gasteiger partial charge in [0.2, 0.25) is 0 Å². The fourth-order valence-electron chi connectivity index (χ4n) is 2.10. The average molecular weight is 259 g/mol. The molecule has 3 nitrogen and oxygen atoms in total. The van der Waals surface area contributed by atoms with Crippen molar-refractivity contribution in [2.24, 2.45) is 0 Å². The summed E-state index contributed by atoms with van der Waals surface area (Å²) in [6.45, 7) is 1.60. The van der Waals surface area contributed by atoms with Crippen LogP contribution in [-0.2, 0) is 10.6 Å². The van der Waals surface area contributed by atoms with E-state index in [0.717, 1.165) is 31.8 Å². The molecule has 0 saturated carbocycles. The molecule has 2 heterocycles. The van der Waals surface area contributed by atoms with E-state index in [9.17, 15) is 4.39 Å². The van der Waals surface area contributed by atoms with Crippen LogP contribution in [-0.4, -0.2) is 31.3 Å². The van der Waals surface area contributed by atoms with Crippen LogP contribution >= 0.6 is 11.6 Å². The summed E-state index contributed by atoms with van der Waals surface area (Å²) in [5.41, 5.74) is 0.715. The Labute approximate surface area is 106 Å². The molecule has 1 atom stereocenters. The van der Waals surface area contributed by atoms with Crippen molar-refractivity contribution < 1.29 is 9.13 Å². The molecule has 0 N–H and O–H groups in total. The highest BCUT2D eigenvalue weighted by Crippen LogP contribution is 2.21. The molecule has 1 unspecified atom stereocenters. The highest BCUT2D eigenvalue weighted by atomic mass is 35.5. The number of likely N-dealkylation sites (N-methyl/N-ethyl adjacent to an activating group) is 1. The van der Waals surface area contributed by atoms with E-state index < -0.39 is 0 Å². The van der Waals surface area contributed by atoms with Gasteiger partial charge in [0.25, 0.3) is 0 Å². The first-order chi connectivity index (χ1) is 8.20. The van der Waals surface area contributed by atoms with Crippen LogP contribution < -0.4 is 4.90 Å². The molecule has 94 valence electrons. The number of hydrogen-bond acceptors (Lipinski definition) is 3. The van der Waals surface area contributed by atoms with Gasteiger partial charge in [0, 0.05) is 25.8 Å². The van der Waals surface area contributed by atoms with Crippen LogP contribution in [0.1, 0.15) is 18.4 Å². The van der Waals surface area contributed by atoms with Crippen LogP contribution in [0.2, 0.25) is 0 Å². The summed E-state index contributed by atoms with van der Waals surface area (Å²) in [6.07, 6.45) is 3.65. The van der Waals surface area contributed by atoms with Crippen molar-refractivity contribution in [2.75, 3.05) is 25.1 Å². The van der Waals surface area contributed by atoms with Gasteiger partial charge in [-0.1, -0.05) is 0 Å². The minimum atomic E-state index is -0.352. The Morgan fingerprint density at radius 1 is 1.65 bits per heavy atom. The maximum atomic E-state index is 13.0. The Balaban J connectivity index is 2.09. The monoisotopic (exact) mass is 258 g/mol. The maximum Gasteiger partial charge on any atom is 0.141 e. The zero-order chi connectivity index (χ0) is 12.3. The summed E-state index contributed by atoms with van der Waals surface area (Å²) in [5, 5.41) is 0. The van der Waals surface area contributed by atoms with Crippen molar-refractivity contribution in [1.29, 1.82) is 0 Å². The molecular formula is C12H16ClFN2O. The van der Waals surface area contributed by atoms with Gasteiger partial charge >= 0.3 is 0 Å². The second kappa shape index (κ2) is 5.65. The zero-order valence-corrected chi connectivity index (χ0v) is 10.6. The molecule has 1 aromatic heterocycles. The van der Waals surface area contributed by atoms with Crippen molar-refractivity contribution in [1.82, 2.24) is 4.98 Å². The van der Waals surface area contributed by atoms with Crippen molar-refractivity contribution in [3.8, 4) is 0 Å². The van der Waals surface area contributed by atoms with Crippen molar-refractivity contribution >= 4 is 17.4 Å². The Hall–Kier alpha value is -0.870. The number of nitrogens with zero attached hydrogens (tertiary/aromatic N) is 2. The number of halogens is 2. The minimum absolute atomic E-state index is 0.245. The lowest BCUT2D eigenvalue weighted by Crippen LogP contribution is -2.29. The first-order valence-corrected chi connectivity index (χ1v) is 6.27. The van der Waals surface area contributed by atoms with E-state index in [-0.39, 0.29) is 17.8 Å². The Morgan fingerprint density at radius 3 is 3.12 bits per heavy atom. The summed E-state index contributed by atoms with van der Waals surface area (Å²) in [6, 6.07) is 1.43. The van der Waals surface area contributed by atoms with Crippen LogP contribution in [0.15, 0.2) is 12.3 Å². The molecule has 17 heavy (non-hydrogen) atoms. The van der Waals surface area contributed by atoms with Gasteiger partial charge in [0.05, 0.1) is 18.2 Å². The van der Waals surface area contributed by atoms with Crippen LogP contribution in [0, 0.1) is 5.82 Å². The summed E-state index contributed by atoms with van der Waals surface area (Å²) >= 11 is 5.80. The number of alkyl halides is 1. The molecule has 0 bridgehead atoms. The van der Waals surface area contributed by atoms with Crippen LogP contribution in [0.3, 0.4) is 0 Å². The Bertz CT molecular complexity index is 383. The van der Waals surface area contributed by atoms with Crippen molar-refractivity contribution in [2.45, 2.75) is 24.8 Å². The number of rotatable bonds is 4. The normalized spacial score (nSPS) is 19.6. The topological polar surface area (TPSA) is 25.4 Å². The quantitative estimate of drug-likeness (QED) is 0.777. The molecule has 1 fully saturated rings. The molecular weight excluding hydrogens is 243 g/mol. The molecule has 1 aromatic rings. The second-order valence-corrected chi connectivity index (χ2v) is 4.55. The second-order valence-electron chi connectivity index (χ2n) is 4.29. The SMILES string of the molecule is CN(CC1CCCO1)c1ncc(F)cc1CCl. The third-order valence-corrected chi connectivity index (χ3v) is 3.20. The highest BCUT2D eigenvalue weighted by molar-refractivity contribution is 6.17. The first kappa shape index (κ1) is 12.6. The molecule has 0 radical (unpaired) electrons. The molecule has 1 aliphatic heterocycles. The molecule has 0 amide bonds. The van der Waals surface area contributed by atoms with Gasteiger partial charge in [-0.3, -0.25) is 0 Å². The summed E-state index contributed by atoms with van der Waals surface area (Å²) in [5.74, 6) is 0.641. The number of anilines is 1. The number of ether oxygens (including phenoxy) is 1. The molecule has 0 aromatic carbocycles. The van der Waals surface area contributed by atoms with Gasteiger partial charge in [-0.2, -0.15) is 0 Å². The van der Waals surface area contributed by atoms with Gasteiger partial charge < -0.3 is 9.64 Å². The largest absolute Gasteiger partial charge is 0.376 e. The highest BCUT2D eigenvalue weighted by Gasteiger charge is 2.19. The minimum Gasteiger partial charge on any atom is -0.376 e. The summed E-state index contributed by atoms with van der Waals surface area (Å²) in [4.78, 5) is 6.08. The van der Waals surface area contributed by atoms with Crippen molar-refractivity contribution in [3.63, 3.8) is 0 Å². The molecule has 1 saturated heterocycles. The van der Waals surface area contributed by atoms with Crippen LogP contribution in [0.4, 0.5) is 10.2 Å². The fraction of sp³-hybridized carbons (Fsp3) is 0.583. The van der Waals surface area contributed by atoms with Crippen molar-refractivity contribution in [3.05, 3.63) is 23.6 Å². The lowest BCUT2D eigenvalue weighted by molar-refractivity contribution is 0.116. The van der Waals surface area contributed by atoms with Gasteiger partial charge in [0.15, 0.2) is 0 Å². The average Bonchev–Trinajstić information content (AvgIpc) is 2.81. The predicted molar refractivity (Wildman–Crippen MR) is 66.0 cm³/mol. The molecule has 0 spiro atoms. The molecule has 0 aliphatic carbocycles. The van der Waals surface area contributed by atoms with E-state index in [0.29, 0.717) is 5.56 Å². The van der Waals surface area contributed by atoms with E-state index in [1.165, 1.54) is 12.3 Å². The fourth-order valence-corrected chi connectivity index (χ4v) is 2.29. The van der Waals surface area contributed by atoms with Crippen LogP contribution in [0.5, 0.6) is 0 Å². The standard InChI is InChI=1S/C12H16ClFN2O/c1-16(8-11-3-2-4-17-11)12-9(6-13)5-10(14)7-15-12/h5,7,11H,2-4,6,8H2,1H3. The third-order valence-electron chi connectivity index (χ3n) is 2.92. The predicted octanol–water partition coefficient (Wildman–Crippen LogP) is 2.57. The Kier molecular flexibility index (Phi) is 4.18. The molecule has 5 heteroatoms. The van der Waals surface area contributed by atoms with Gasteiger partial charge in [0.1, 0.15) is 11.6 Å². The number of hydrogen-bond donors (Lipinski definition) is 0. The van der Waals surface area contributed by atoms with E-state index in [1.807, 2.05) is 11.9 Å². The van der Waals surface area contributed by atoms with Gasteiger partial charge in [-0.05, 0) is 18.9 Å². The van der Waals surface area contributed by atoms with E-state index in [1.54, 1.807) is 0 Å². The summed E-state index contributed by atoms with van der Waals surface area (Å²) < 4.78 is 18.6. The zero-order valence-electron chi connectivity index (χ0n) is 9.83. The van der Waals surface area contributed by atoms with Gasteiger partial charge in [-0.15, -0.1) is 11.6 Å². The lowest BCUT2D eigenvalue weighted by Gasteiger charge is -2.23. The third kappa shape index (κ3) is 3.07.